The highest BCUT2D eigenvalue weighted by atomic mass is 32.1. The van der Waals surface area contributed by atoms with Crippen LogP contribution in [0.1, 0.15) is 6.42 Å². The number of thiazole rings is 1. The third kappa shape index (κ3) is 5.13. The van der Waals surface area contributed by atoms with Crippen molar-refractivity contribution in [1.29, 1.82) is 0 Å². The number of rotatable bonds is 4. The molecule has 4 aromatic heterocycles. The quantitative estimate of drug-likeness (QED) is 0.486. The van der Waals surface area contributed by atoms with Crippen LogP contribution in [0.25, 0.3) is 22.0 Å². The highest BCUT2D eigenvalue weighted by molar-refractivity contribution is 7.13. The second-order valence-electron chi connectivity index (χ2n) is 7.14. The van der Waals surface area contributed by atoms with Crippen molar-refractivity contribution >= 4 is 28.9 Å². The Hall–Kier alpha value is -3.70. The maximum atomic E-state index is 10.6. The summed E-state index contributed by atoms with van der Waals surface area (Å²) in [6.07, 6.45) is 8.72. The van der Waals surface area contributed by atoms with Crippen LogP contribution in [0, 0.1) is 0 Å². The van der Waals surface area contributed by atoms with E-state index in [1.807, 2.05) is 36.8 Å². The van der Waals surface area contributed by atoms with Crippen LogP contribution in [0.5, 0.6) is 0 Å². The lowest BCUT2D eigenvalue weighted by Gasteiger charge is -2.04. The summed E-state index contributed by atoms with van der Waals surface area (Å²) in [6, 6.07) is 5.73. The fraction of sp³-hybridized carbons (Fsp3) is 0.238. The molecule has 1 amide bonds. The van der Waals surface area contributed by atoms with Crippen molar-refractivity contribution in [3.05, 3.63) is 54.6 Å². The van der Waals surface area contributed by atoms with E-state index in [9.17, 15) is 4.79 Å². The summed E-state index contributed by atoms with van der Waals surface area (Å²) >= 11 is 1.54. The first kappa shape index (κ1) is 21.5. The van der Waals surface area contributed by atoms with E-state index in [1.54, 1.807) is 47.9 Å². The molecule has 0 aliphatic carbocycles. The number of carbonyl (C=O) groups excluding carboxylic acids is 1. The van der Waals surface area contributed by atoms with Crippen molar-refractivity contribution in [2.45, 2.75) is 12.5 Å². The van der Waals surface area contributed by atoms with Crippen LogP contribution < -0.4 is 5.32 Å². The number of amides is 1. The van der Waals surface area contributed by atoms with Crippen LogP contribution in [-0.2, 0) is 11.8 Å². The number of likely N-dealkylation sites (tertiary alicyclic amines) is 1. The average Bonchev–Trinajstić information content (AvgIpc) is 3.53. The molecule has 0 spiro atoms. The van der Waals surface area contributed by atoms with Gasteiger partial charge >= 0.3 is 0 Å². The molecule has 1 unspecified atom stereocenters. The van der Waals surface area contributed by atoms with Crippen molar-refractivity contribution in [1.82, 2.24) is 34.6 Å². The minimum absolute atomic E-state index is 0.148. The fourth-order valence-electron chi connectivity index (χ4n) is 3.00. The van der Waals surface area contributed by atoms with E-state index in [0.29, 0.717) is 18.9 Å². The van der Waals surface area contributed by atoms with Gasteiger partial charge < -0.3 is 15.3 Å². The summed E-state index contributed by atoms with van der Waals surface area (Å²) in [7, 11) is 3.55. The topological polar surface area (TPSA) is 122 Å². The molecule has 1 atom stereocenters. The number of anilines is 2. The van der Waals surface area contributed by atoms with Gasteiger partial charge in [-0.2, -0.15) is 5.10 Å². The molecule has 0 radical (unpaired) electrons. The van der Waals surface area contributed by atoms with E-state index in [1.165, 1.54) is 4.90 Å². The van der Waals surface area contributed by atoms with Gasteiger partial charge in [-0.25, -0.2) is 15.0 Å². The highest BCUT2D eigenvalue weighted by Gasteiger charge is 2.26. The molecule has 0 aromatic carbocycles. The summed E-state index contributed by atoms with van der Waals surface area (Å²) in [5.41, 5.74) is 3.49. The zero-order valence-corrected chi connectivity index (χ0v) is 18.4. The first-order valence-corrected chi connectivity index (χ1v) is 10.8. The van der Waals surface area contributed by atoms with Gasteiger partial charge in [-0.15, -0.1) is 11.3 Å². The number of nitrogens with one attached hydrogen (secondary N) is 1. The maximum absolute atomic E-state index is 10.6. The lowest BCUT2D eigenvalue weighted by atomic mass is 10.2. The third-order valence-corrected chi connectivity index (χ3v) is 5.56. The van der Waals surface area contributed by atoms with E-state index < -0.39 is 6.10 Å². The Balaban J connectivity index is 0.000000260. The Bertz CT molecular complexity index is 1180. The standard InChI is InChI=1S/C16H13N7S.C5H9NO2/c1-23-9-12(8-19-23)20-16-18-6-4-13(22-16)15-21-14(10-24-15)11-3-2-5-17-7-11;1-6-3-2-4(7)5(6)8/h2-10H,1H3,(H,18,20,22);4,7H,2-3H2,1H3. The van der Waals surface area contributed by atoms with E-state index >= 15 is 0 Å². The van der Waals surface area contributed by atoms with Gasteiger partial charge in [0.2, 0.25) is 5.95 Å². The van der Waals surface area contributed by atoms with Gasteiger partial charge in [0.15, 0.2) is 0 Å². The van der Waals surface area contributed by atoms with Gasteiger partial charge in [0.1, 0.15) is 16.8 Å². The normalized spacial score (nSPS) is 15.4. The number of likely N-dealkylation sites (N-methyl/N-ethyl adjacent to an activating group) is 1. The molecule has 1 aliphatic rings. The summed E-state index contributed by atoms with van der Waals surface area (Å²) in [5.74, 6) is 0.364. The number of hydrogen-bond acceptors (Lipinski definition) is 9. The molecular weight excluding hydrogens is 428 g/mol. The molecule has 10 nitrogen and oxygen atoms in total. The van der Waals surface area contributed by atoms with Crippen LogP contribution in [0.15, 0.2) is 54.6 Å². The molecule has 11 heteroatoms. The second kappa shape index (κ2) is 9.62. The highest BCUT2D eigenvalue weighted by Crippen LogP contribution is 2.27. The van der Waals surface area contributed by atoms with E-state index in [4.69, 9.17) is 5.11 Å². The van der Waals surface area contributed by atoms with Gasteiger partial charge in [0, 0.05) is 56.4 Å². The van der Waals surface area contributed by atoms with Crippen molar-refractivity contribution in [2.75, 3.05) is 18.9 Å². The molecule has 2 N–H and O–H groups in total. The molecule has 164 valence electrons. The van der Waals surface area contributed by atoms with E-state index in [0.717, 1.165) is 27.6 Å². The van der Waals surface area contributed by atoms with Crippen LogP contribution in [0.2, 0.25) is 0 Å². The Morgan fingerprint density at radius 2 is 2.03 bits per heavy atom. The SMILES string of the molecule is CN1CCC(O)C1=O.Cn1cc(Nc2nccc(-c3nc(-c4cccnc4)cs3)n2)cn1. The average molecular weight is 451 g/mol. The Morgan fingerprint density at radius 3 is 2.66 bits per heavy atom. The molecule has 4 aromatic rings. The van der Waals surface area contributed by atoms with Gasteiger partial charge in [-0.05, 0) is 24.6 Å². The first-order valence-electron chi connectivity index (χ1n) is 9.87. The minimum Gasteiger partial charge on any atom is -0.383 e. The zero-order valence-electron chi connectivity index (χ0n) is 17.6. The van der Waals surface area contributed by atoms with Crippen LogP contribution in [0.4, 0.5) is 11.6 Å². The fourth-order valence-corrected chi connectivity index (χ4v) is 3.79. The Morgan fingerprint density at radius 1 is 1.16 bits per heavy atom. The van der Waals surface area contributed by atoms with Crippen LogP contribution >= 0.6 is 11.3 Å². The molecule has 0 saturated carbocycles. The predicted octanol–water partition coefficient (Wildman–Crippen LogP) is 2.35. The summed E-state index contributed by atoms with van der Waals surface area (Å²) < 4.78 is 1.72. The molecule has 0 bridgehead atoms. The largest absolute Gasteiger partial charge is 0.383 e. The molecule has 32 heavy (non-hydrogen) atoms. The molecule has 5 rings (SSSR count). The van der Waals surface area contributed by atoms with Gasteiger partial charge in [-0.1, -0.05) is 0 Å². The number of aryl methyl sites for hydroxylation is 1. The van der Waals surface area contributed by atoms with Crippen LogP contribution in [-0.4, -0.2) is 65.3 Å². The second-order valence-corrected chi connectivity index (χ2v) is 8.00. The van der Waals surface area contributed by atoms with Crippen molar-refractivity contribution in [3.63, 3.8) is 0 Å². The van der Waals surface area contributed by atoms with Crippen molar-refractivity contribution < 1.29 is 9.90 Å². The predicted molar refractivity (Wildman–Crippen MR) is 121 cm³/mol. The number of aliphatic hydroxyl groups is 1. The third-order valence-electron chi connectivity index (χ3n) is 4.70. The molecule has 1 saturated heterocycles. The van der Waals surface area contributed by atoms with Gasteiger partial charge in [0.05, 0.1) is 17.6 Å². The van der Waals surface area contributed by atoms with Crippen LogP contribution in [0.3, 0.4) is 0 Å². The minimum atomic E-state index is -0.722. The molecule has 5 heterocycles. The smallest absolute Gasteiger partial charge is 0.251 e. The van der Waals surface area contributed by atoms with E-state index in [-0.39, 0.29) is 5.91 Å². The summed E-state index contributed by atoms with van der Waals surface area (Å²) in [5, 5.41) is 18.9. The number of pyridine rings is 1. The Labute approximate surface area is 188 Å². The van der Waals surface area contributed by atoms with E-state index in [2.05, 4.69) is 30.4 Å². The van der Waals surface area contributed by atoms with Crippen molar-refractivity contribution in [3.8, 4) is 22.0 Å². The summed E-state index contributed by atoms with van der Waals surface area (Å²) in [4.78, 5) is 29.7. The lowest BCUT2D eigenvalue weighted by Crippen LogP contribution is -2.24. The monoisotopic (exact) mass is 450 g/mol. The summed E-state index contributed by atoms with van der Waals surface area (Å²) in [6.45, 7) is 0.694. The number of nitrogens with zero attached hydrogens (tertiary/aromatic N) is 7. The number of aliphatic hydroxyl groups excluding tert-OH is 1. The maximum Gasteiger partial charge on any atom is 0.251 e. The first-order chi connectivity index (χ1) is 15.5. The van der Waals surface area contributed by atoms with Gasteiger partial charge in [0.25, 0.3) is 5.91 Å². The molecule has 1 fully saturated rings. The number of aromatic nitrogens is 6. The number of carbonyl (C=O) groups is 1. The number of hydrogen-bond donors (Lipinski definition) is 2. The molecular formula is C21H22N8O2S. The lowest BCUT2D eigenvalue weighted by molar-refractivity contribution is -0.133. The zero-order chi connectivity index (χ0) is 22.5. The van der Waals surface area contributed by atoms with Crippen molar-refractivity contribution in [2.24, 2.45) is 7.05 Å². The molecule has 1 aliphatic heterocycles. The Kier molecular flexibility index (Phi) is 6.47. The van der Waals surface area contributed by atoms with Gasteiger partial charge in [-0.3, -0.25) is 14.5 Å².